The molecule has 1 saturated carbocycles. The molecule has 1 unspecified atom stereocenters. The average Bonchev–Trinajstić information content (AvgIpc) is 2.94. The molecule has 5 nitrogen and oxygen atoms in total. The predicted octanol–water partition coefficient (Wildman–Crippen LogP) is 3.85. The molecule has 0 spiro atoms. The Bertz CT molecular complexity index is 542. The predicted molar refractivity (Wildman–Crippen MR) is 84.7 cm³/mol. The van der Waals surface area contributed by atoms with Crippen LogP contribution < -0.4 is 10.6 Å². The molecule has 1 aliphatic rings. The third-order valence-electron chi connectivity index (χ3n) is 3.95. The van der Waals surface area contributed by atoms with E-state index in [-0.39, 0.29) is 23.3 Å². The van der Waals surface area contributed by atoms with Gasteiger partial charge in [-0.1, -0.05) is 18.9 Å². The van der Waals surface area contributed by atoms with Crippen LogP contribution in [-0.4, -0.2) is 23.1 Å². The van der Waals surface area contributed by atoms with Crippen LogP contribution in [-0.2, 0) is 0 Å². The summed E-state index contributed by atoms with van der Waals surface area (Å²) < 4.78 is 0.547. The minimum absolute atomic E-state index is 0.0630. The van der Waals surface area contributed by atoms with Crippen molar-refractivity contribution in [3.63, 3.8) is 0 Å². The minimum Gasteiger partial charge on any atom is -0.478 e. The molecule has 2 amide bonds. The van der Waals surface area contributed by atoms with E-state index in [1.165, 1.54) is 18.9 Å². The highest BCUT2D eigenvalue weighted by molar-refractivity contribution is 9.10. The maximum absolute atomic E-state index is 12.1. The number of anilines is 1. The lowest BCUT2D eigenvalue weighted by Crippen LogP contribution is -2.40. The van der Waals surface area contributed by atoms with E-state index in [9.17, 15) is 9.59 Å². The average molecular weight is 355 g/mol. The number of benzene rings is 1. The van der Waals surface area contributed by atoms with Crippen molar-refractivity contribution in [1.29, 1.82) is 0 Å². The Morgan fingerprint density at radius 3 is 2.62 bits per heavy atom. The van der Waals surface area contributed by atoms with Gasteiger partial charge in [-0.25, -0.2) is 9.59 Å². The molecule has 6 heteroatoms. The van der Waals surface area contributed by atoms with Crippen LogP contribution in [0.25, 0.3) is 0 Å². The number of carboxylic acid groups (broad SMARTS) is 1. The van der Waals surface area contributed by atoms with Gasteiger partial charge in [0, 0.05) is 10.5 Å². The van der Waals surface area contributed by atoms with E-state index in [4.69, 9.17) is 5.11 Å². The molecular weight excluding hydrogens is 336 g/mol. The highest BCUT2D eigenvalue weighted by atomic mass is 79.9. The first-order chi connectivity index (χ1) is 9.99. The van der Waals surface area contributed by atoms with Crippen LogP contribution in [0, 0.1) is 5.92 Å². The first-order valence-electron chi connectivity index (χ1n) is 7.08. The fourth-order valence-corrected chi connectivity index (χ4v) is 3.23. The van der Waals surface area contributed by atoms with Gasteiger partial charge in [-0.2, -0.15) is 0 Å². The third kappa shape index (κ3) is 3.97. The molecule has 0 heterocycles. The quantitative estimate of drug-likeness (QED) is 0.768. The summed E-state index contributed by atoms with van der Waals surface area (Å²) in [6.07, 6.45) is 4.70. The molecule has 0 saturated heterocycles. The first-order valence-corrected chi connectivity index (χ1v) is 7.87. The Morgan fingerprint density at radius 2 is 2.00 bits per heavy atom. The van der Waals surface area contributed by atoms with Crippen molar-refractivity contribution in [1.82, 2.24) is 5.32 Å². The SMILES string of the molecule is CC(NC(=O)Nc1c(Br)cccc1C(=O)O)C1CCCC1. The second-order valence-corrected chi connectivity index (χ2v) is 6.25. The van der Waals surface area contributed by atoms with E-state index in [1.54, 1.807) is 12.1 Å². The fourth-order valence-electron chi connectivity index (χ4n) is 2.76. The van der Waals surface area contributed by atoms with E-state index >= 15 is 0 Å². The smallest absolute Gasteiger partial charge is 0.337 e. The van der Waals surface area contributed by atoms with Gasteiger partial charge in [0.25, 0.3) is 0 Å². The summed E-state index contributed by atoms with van der Waals surface area (Å²) in [4.78, 5) is 23.3. The van der Waals surface area contributed by atoms with Crippen molar-refractivity contribution in [2.45, 2.75) is 38.6 Å². The van der Waals surface area contributed by atoms with Crippen LogP contribution in [0.3, 0.4) is 0 Å². The zero-order valence-electron chi connectivity index (χ0n) is 11.9. The summed E-state index contributed by atoms with van der Waals surface area (Å²) in [7, 11) is 0. The minimum atomic E-state index is -1.07. The Hall–Kier alpha value is -1.56. The lowest BCUT2D eigenvalue weighted by Gasteiger charge is -2.21. The van der Waals surface area contributed by atoms with Crippen molar-refractivity contribution >= 4 is 33.6 Å². The van der Waals surface area contributed by atoms with Crippen LogP contribution >= 0.6 is 15.9 Å². The summed E-state index contributed by atoms with van der Waals surface area (Å²) in [5, 5.41) is 14.7. The number of carbonyl (C=O) groups excluding carboxylic acids is 1. The molecule has 1 fully saturated rings. The molecule has 0 bridgehead atoms. The third-order valence-corrected chi connectivity index (χ3v) is 4.61. The maximum Gasteiger partial charge on any atom is 0.337 e. The van der Waals surface area contributed by atoms with E-state index < -0.39 is 5.97 Å². The van der Waals surface area contributed by atoms with Gasteiger partial charge in [0.05, 0.1) is 11.3 Å². The lowest BCUT2D eigenvalue weighted by molar-refractivity contribution is 0.0698. The second kappa shape index (κ2) is 6.93. The van der Waals surface area contributed by atoms with Gasteiger partial charge in [-0.15, -0.1) is 0 Å². The Morgan fingerprint density at radius 1 is 1.33 bits per heavy atom. The van der Waals surface area contributed by atoms with Gasteiger partial charge in [-0.3, -0.25) is 0 Å². The number of rotatable bonds is 4. The molecule has 1 aromatic carbocycles. The Balaban J connectivity index is 2.04. The molecule has 0 aliphatic heterocycles. The van der Waals surface area contributed by atoms with Crippen LogP contribution in [0.1, 0.15) is 43.0 Å². The molecule has 1 aliphatic carbocycles. The van der Waals surface area contributed by atoms with Crippen LogP contribution in [0.5, 0.6) is 0 Å². The molecule has 1 atom stereocenters. The molecule has 0 radical (unpaired) electrons. The van der Waals surface area contributed by atoms with E-state index in [0.29, 0.717) is 10.4 Å². The number of para-hydroxylation sites is 1. The zero-order valence-corrected chi connectivity index (χ0v) is 13.4. The van der Waals surface area contributed by atoms with Gasteiger partial charge in [0.1, 0.15) is 0 Å². The lowest BCUT2D eigenvalue weighted by atomic mass is 10.0. The van der Waals surface area contributed by atoms with E-state index in [0.717, 1.165) is 12.8 Å². The number of carbonyl (C=O) groups is 2. The number of urea groups is 1. The van der Waals surface area contributed by atoms with Gasteiger partial charge < -0.3 is 15.7 Å². The number of nitrogens with one attached hydrogen (secondary N) is 2. The zero-order chi connectivity index (χ0) is 15.4. The summed E-state index contributed by atoms with van der Waals surface area (Å²) >= 11 is 3.27. The Labute approximate surface area is 132 Å². The van der Waals surface area contributed by atoms with Gasteiger partial charge >= 0.3 is 12.0 Å². The summed E-state index contributed by atoms with van der Waals surface area (Å²) in [6.45, 7) is 1.99. The number of hydrogen-bond donors (Lipinski definition) is 3. The number of halogens is 1. The highest BCUT2D eigenvalue weighted by Crippen LogP contribution is 2.28. The molecule has 0 aromatic heterocycles. The van der Waals surface area contributed by atoms with Crippen LogP contribution in [0.15, 0.2) is 22.7 Å². The van der Waals surface area contributed by atoms with Gasteiger partial charge in [-0.05, 0) is 53.7 Å². The first kappa shape index (κ1) is 15.8. The topological polar surface area (TPSA) is 78.4 Å². The number of hydrogen-bond acceptors (Lipinski definition) is 2. The normalized spacial score (nSPS) is 16.5. The van der Waals surface area contributed by atoms with Crippen molar-refractivity contribution in [3.05, 3.63) is 28.2 Å². The molecular formula is C15H19BrN2O3. The standard InChI is InChI=1S/C15H19BrN2O3/c1-9(10-5-2-3-6-10)17-15(21)18-13-11(14(19)20)7-4-8-12(13)16/h4,7-10H,2-3,5-6H2,1H3,(H,19,20)(H2,17,18,21). The molecule has 21 heavy (non-hydrogen) atoms. The fraction of sp³-hybridized carbons (Fsp3) is 0.467. The van der Waals surface area contributed by atoms with Crippen molar-refractivity contribution in [2.24, 2.45) is 5.92 Å². The summed E-state index contributed by atoms with van der Waals surface area (Å²) in [5.74, 6) is -0.565. The Kier molecular flexibility index (Phi) is 5.22. The molecule has 3 N–H and O–H groups in total. The summed E-state index contributed by atoms with van der Waals surface area (Å²) in [6, 6.07) is 4.50. The van der Waals surface area contributed by atoms with Crippen molar-refractivity contribution in [2.75, 3.05) is 5.32 Å². The number of aromatic carboxylic acids is 1. The van der Waals surface area contributed by atoms with Crippen LogP contribution in [0.4, 0.5) is 10.5 Å². The number of carboxylic acids is 1. The van der Waals surface area contributed by atoms with E-state index in [2.05, 4.69) is 26.6 Å². The van der Waals surface area contributed by atoms with Gasteiger partial charge in [0.2, 0.25) is 0 Å². The van der Waals surface area contributed by atoms with Crippen LogP contribution in [0.2, 0.25) is 0 Å². The maximum atomic E-state index is 12.1. The van der Waals surface area contributed by atoms with Crippen molar-refractivity contribution < 1.29 is 14.7 Å². The highest BCUT2D eigenvalue weighted by Gasteiger charge is 2.23. The van der Waals surface area contributed by atoms with Gasteiger partial charge in [0.15, 0.2) is 0 Å². The van der Waals surface area contributed by atoms with E-state index in [1.807, 2.05) is 6.92 Å². The molecule has 2 rings (SSSR count). The summed E-state index contributed by atoms with van der Waals surface area (Å²) in [5.41, 5.74) is 0.342. The number of amides is 2. The second-order valence-electron chi connectivity index (χ2n) is 5.40. The monoisotopic (exact) mass is 354 g/mol. The molecule has 114 valence electrons. The molecule has 1 aromatic rings. The largest absolute Gasteiger partial charge is 0.478 e. The van der Waals surface area contributed by atoms with Crippen molar-refractivity contribution in [3.8, 4) is 0 Å².